The van der Waals surface area contributed by atoms with E-state index in [0.29, 0.717) is 12.6 Å². The fraction of sp³-hybridized carbons (Fsp3) is 0.609. The SMILES string of the molecule is Cc1nnc(CN=C(NCCCN2CCCCC2C)NC(C)c2ccccc2)n1C. The lowest BCUT2D eigenvalue weighted by Crippen LogP contribution is -2.42. The highest BCUT2D eigenvalue weighted by Gasteiger charge is 2.17. The third kappa shape index (κ3) is 6.29. The summed E-state index contributed by atoms with van der Waals surface area (Å²) in [4.78, 5) is 7.41. The minimum atomic E-state index is 0.167. The number of aliphatic imine (C=N–C) groups is 1. The highest BCUT2D eigenvalue weighted by molar-refractivity contribution is 5.80. The Morgan fingerprint density at radius 2 is 2.03 bits per heavy atom. The molecule has 0 amide bonds. The fourth-order valence-electron chi connectivity index (χ4n) is 3.90. The van der Waals surface area contributed by atoms with Gasteiger partial charge in [-0.05, 0) is 52.1 Å². The second-order valence-electron chi connectivity index (χ2n) is 8.33. The normalized spacial score (nSPS) is 18.9. The molecule has 1 aromatic carbocycles. The molecule has 1 saturated heterocycles. The van der Waals surface area contributed by atoms with Crippen LogP contribution in [0.3, 0.4) is 0 Å². The van der Waals surface area contributed by atoms with Crippen molar-refractivity contribution in [3.05, 3.63) is 47.5 Å². The smallest absolute Gasteiger partial charge is 0.192 e. The van der Waals surface area contributed by atoms with Crippen LogP contribution in [0.2, 0.25) is 0 Å². The summed E-state index contributed by atoms with van der Waals surface area (Å²) in [6.45, 7) is 10.2. The molecule has 7 heteroatoms. The second-order valence-corrected chi connectivity index (χ2v) is 8.33. The first kappa shape index (κ1) is 22.3. The zero-order chi connectivity index (χ0) is 21.3. The van der Waals surface area contributed by atoms with Crippen molar-refractivity contribution >= 4 is 5.96 Å². The number of aromatic nitrogens is 3. The number of aryl methyl sites for hydroxylation is 1. The van der Waals surface area contributed by atoms with Crippen molar-refractivity contribution in [2.75, 3.05) is 19.6 Å². The average Bonchev–Trinajstić information content (AvgIpc) is 3.08. The Hall–Kier alpha value is -2.41. The van der Waals surface area contributed by atoms with Crippen LogP contribution in [-0.2, 0) is 13.6 Å². The summed E-state index contributed by atoms with van der Waals surface area (Å²) in [5, 5.41) is 15.4. The second kappa shape index (κ2) is 11.1. The molecule has 2 aromatic rings. The van der Waals surface area contributed by atoms with Gasteiger partial charge in [-0.1, -0.05) is 36.8 Å². The van der Waals surface area contributed by atoms with Gasteiger partial charge in [0.25, 0.3) is 0 Å². The van der Waals surface area contributed by atoms with Crippen molar-refractivity contribution in [3.63, 3.8) is 0 Å². The first-order valence-electron chi connectivity index (χ1n) is 11.2. The van der Waals surface area contributed by atoms with Crippen LogP contribution in [0, 0.1) is 6.92 Å². The number of guanidine groups is 1. The minimum Gasteiger partial charge on any atom is -0.356 e. The topological polar surface area (TPSA) is 70.4 Å². The molecule has 30 heavy (non-hydrogen) atoms. The summed E-state index contributed by atoms with van der Waals surface area (Å²) in [6.07, 6.45) is 5.13. The van der Waals surface area contributed by atoms with E-state index in [1.807, 2.05) is 24.6 Å². The Labute approximate surface area is 181 Å². The maximum absolute atomic E-state index is 4.79. The molecular weight excluding hydrogens is 374 g/mol. The van der Waals surface area contributed by atoms with E-state index in [9.17, 15) is 0 Å². The molecule has 2 heterocycles. The van der Waals surface area contributed by atoms with Crippen LogP contribution in [0.25, 0.3) is 0 Å². The molecular formula is C23H37N7. The Balaban J connectivity index is 1.58. The van der Waals surface area contributed by atoms with Crippen molar-refractivity contribution < 1.29 is 0 Å². The number of likely N-dealkylation sites (tertiary alicyclic amines) is 1. The molecule has 0 saturated carbocycles. The van der Waals surface area contributed by atoms with E-state index < -0.39 is 0 Å². The Kier molecular flexibility index (Phi) is 8.25. The number of benzene rings is 1. The molecule has 2 unspecified atom stereocenters. The molecule has 0 bridgehead atoms. The Bertz CT molecular complexity index is 799. The molecule has 2 N–H and O–H groups in total. The molecule has 1 aliphatic rings. The fourth-order valence-corrected chi connectivity index (χ4v) is 3.90. The first-order chi connectivity index (χ1) is 14.5. The van der Waals surface area contributed by atoms with Gasteiger partial charge in [0.15, 0.2) is 11.8 Å². The third-order valence-electron chi connectivity index (χ3n) is 6.07. The van der Waals surface area contributed by atoms with Gasteiger partial charge in [-0.15, -0.1) is 10.2 Å². The molecule has 1 fully saturated rings. The highest BCUT2D eigenvalue weighted by Crippen LogP contribution is 2.16. The summed E-state index contributed by atoms with van der Waals surface area (Å²) < 4.78 is 1.99. The van der Waals surface area contributed by atoms with Gasteiger partial charge in [0.05, 0.1) is 6.04 Å². The van der Waals surface area contributed by atoms with E-state index in [-0.39, 0.29) is 6.04 Å². The third-order valence-corrected chi connectivity index (χ3v) is 6.07. The van der Waals surface area contributed by atoms with E-state index in [1.165, 1.54) is 31.4 Å². The number of hydrogen-bond acceptors (Lipinski definition) is 4. The standard InChI is InChI=1S/C23H37N7/c1-18-11-8-9-15-30(18)16-10-14-24-23(25-17-22-28-27-20(3)29(22)4)26-19(2)21-12-6-5-7-13-21/h5-7,12-13,18-19H,8-11,14-17H2,1-4H3,(H2,24,25,26). The van der Waals surface area contributed by atoms with Crippen LogP contribution >= 0.6 is 0 Å². The first-order valence-corrected chi connectivity index (χ1v) is 11.2. The summed E-state index contributed by atoms with van der Waals surface area (Å²) in [5.41, 5.74) is 1.24. The quantitative estimate of drug-likeness (QED) is 0.397. The number of nitrogens with one attached hydrogen (secondary N) is 2. The summed E-state index contributed by atoms with van der Waals surface area (Å²) in [7, 11) is 1.98. The van der Waals surface area contributed by atoms with Crippen LogP contribution in [0.4, 0.5) is 0 Å². The van der Waals surface area contributed by atoms with Crippen LogP contribution in [0.15, 0.2) is 35.3 Å². The lowest BCUT2D eigenvalue weighted by atomic mass is 10.0. The molecule has 0 radical (unpaired) electrons. The summed E-state index contributed by atoms with van der Waals surface area (Å²) in [6, 6.07) is 11.3. The minimum absolute atomic E-state index is 0.167. The van der Waals surface area contributed by atoms with Crippen LogP contribution in [0.1, 0.15) is 62.8 Å². The van der Waals surface area contributed by atoms with Crippen LogP contribution < -0.4 is 10.6 Å². The number of hydrogen-bond donors (Lipinski definition) is 2. The zero-order valence-electron chi connectivity index (χ0n) is 18.9. The Morgan fingerprint density at radius 3 is 2.73 bits per heavy atom. The largest absolute Gasteiger partial charge is 0.356 e. The molecule has 0 spiro atoms. The molecule has 1 aliphatic heterocycles. The van der Waals surface area contributed by atoms with Crippen molar-refractivity contribution in [3.8, 4) is 0 Å². The van der Waals surface area contributed by atoms with Crippen LogP contribution in [0.5, 0.6) is 0 Å². The van der Waals surface area contributed by atoms with Gasteiger partial charge < -0.3 is 20.1 Å². The molecule has 2 atom stereocenters. The maximum atomic E-state index is 4.79. The van der Waals surface area contributed by atoms with Gasteiger partial charge in [0, 0.05) is 26.2 Å². The predicted octanol–water partition coefficient (Wildman–Crippen LogP) is 3.18. The molecule has 1 aromatic heterocycles. The summed E-state index contributed by atoms with van der Waals surface area (Å²) >= 11 is 0. The lowest BCUT2D eigenvalue weighted by molar-refractivity contribution is 0.159. The lowest BCUT2D eigenvalue weighted by Gasteiger charge is -2.33. The van der Waals surface area contributed by atoms with Crippen LogP contribution in [-0.4, -0.2) is 51.3 Å². The number of nitrogens with zero attached hydrogens (tertiary/aromatic N) is 5. The predicted molar refractivity (Wildman–Crippen MR) is 122 cm³/mol. The van der Waals surface area contributed by atoms with Gasteiger partial charge in [-0.2, -0.15) is 0 Å². The van der Waals surface area contributed by atoms with E-state index in [0.717, 1.165) is 37.1 Å². The number of rotatable bonds is 8. The van der Waals surface area contributed by atoms with E-state index in [4.69, 9.17) is 4.99 Å². The highest BCUT2D eigenvalue weighted by atomic mass is 15.3. The monoisotopic (exact) mass is 411 g/mol. The molecule has 0 aliphatic carbocycles. The molecule has 3 rings (SSSR count). The van der Waals surface area contributed by atoms with Gasteiger partial charge in [0.2, 0.25) is 0 Å². The van der Waals surface area contributed by atoms with Crippen molar-refractivity contribution in [1.29, 1.82) is 0 Å². The molecule has 164 valence electrons. The van der Waals surface area contributed by atoms with E-state index >= 15 is 0 Å². The van der Waals surface area contributed by atoms with E-state index in [1.54, 1.807) is 0 Å². The molecule has 7 nitrogen and oxygen atoms in total. The van der Waals surface area contributed by atoms with Crippen molar-refractivity contribution in [1.82, 2.24) is 30.3 Å². The van der Waals surface area contributed by atoms with Crippen molar-refractivity contribution in [2.24, 2.45) is 12.0 Å². The average molecular weight is 412 g/mol. The van der Waals surface area contributed by atoms with Gasteiger partial charge >= 0.3 is 0 Å². The van der Waals surface area contributed by atoms with E-state index in [2.05, 4.69) is 63.8 Å². The zero-order valence-corrected chi connectivity index (χ0v) is 18.9. The van der Waals surface area contributed by atoms with Gasteiger partial charge in [0.1, 0.15) is 12.4 Å². The number of piperidine rings is 1. The summed E-state index contributed by atoms with van der Waals surface area (Å²) in [5.74, 6) is 2.58. The van der Waals surface area contributed by atoms with Crippen molar-refractivity contribution in [2.45, 2.75) is 65.1 Å². The van der Waals surface area contributed by atoms with Gasteiger partial charge in [-0.3, -0.25) is 0 Å². The Morgan fingerprint density at radius 1 is 1.23 bits per heavy atom. The van der Waals surface area contributed by atoms with Gasteiger partial charge in [-0.25, -0.2) is 4.99 Å². The maximum Gasteiger partial charge on any atom is 0.192 e.